The largest absolute Gasteiger partial charge is 0.508 e. The van der Waals surface area contributed by atoms with Gasteiger partial charge < -0.3 is 15.3 Å². The minimum atomic E-state index is -4.44. The third-order valence-electron chi connectivity index (χ3n) is 5.56. The van der Waals surface area contributed by atoms with E-state index >= 15 is 0 Å². The van der Waals surface area contributed by atoms with E-state index in [1.807, 2.05) is 12.1 Å². The number of aromatic hydroxyl groups is 1. The van der Waals surface area contributed by atoms with Gasteiger partial charge in [-0.2, -0.15) is 13.2 Å². The van der Waals surface area contributed by atoms with Crippen LogP contribution in [0.5, 0.6) is 5.75 Å². The number of piperazine rings is 1. The zero-order valence-electron chi connectivity index (χ0n) is 17.7. The molecule has 0 bridgehead atoms. The number of aromatic nitrogens is 1. The second kappa shape index (κ2) is 9.50. The Hall–Kier alpha value is -3.59. The SMILES string of the molecule is O=C(Nc1ccc(N2CCN(Cc3ccccc3O)CC2)nc1)c1ccc(C(F)(F)F)cc1. The lowest BCUT2D eigenvalue weighted by Gasteiger charge is -2.35. The van der Waals surface area contributed by atoms with E-state index in [9.17, 15) is 23.1 Å². The van der Waals surface area contributed by atoms with Crippen molar-refractivity contribution >= 4 is 17.4 Å². The van der Waals surface area contributed by atoms with Gasteiger partial charge >= 0.3 is 6.18 Å². The fourth-order valence-corrected chi connectivity index (χ4v) is 3.68. The van der Waals surface area contributed by atoms with Crippen LogP contribution in [0, 0.1) is 0 Å². The lowest BCUT2D eigenvalue weighted by molar-refractivity contribution is -0.137. The molecule has 2 aromatic carbocycles. The quantitative estimate of drug-likeness (QED) is 0.597. The number of hydrogen-bond acceptors (Lipinski definition) is 5. The first-order chi connectivity index (χ1) is 15.8. The van der Waals surface area contributed by atoms with Crippen LogP contribution in [-0.2, 0) is 12.7 Å². The van der Waals surface area contributed by atoms with E-state index in [4.69, 9.17) is 0 Å². The molecule has 0 spiro atoms. The summed E-state index contributed by atoms with van der Waals surface area (Å²) in [5.74, 6) is 0.580. The van der Waals surface area contributed by atoms with Gasteiger partial charge in [-0.3, -0.25) is 9.69 Å². The van der Waals surface area contributed by atoms with Crippen LogP contribution in [0.1, 0.15) is 21.5 Å². The first-order valence-electron chi connectivity index (χ1n) is 10.5. The summed E-state index contributed by atoms with van der Waals surface area (Å²) in [5.41, 5.74) is 0.692. The molecule has 4 rings (SSSR count). The number of benzene rings is 2. The molecule has 2 heterocycles. The number of carbonyl (C=O) groups excluding carboxylic acids is 1. The first kappa shape index (κ1) is 22.6. The maximum absolute atomic E-state index is 12.7. The fourth-order valence-electron chi connectivity index (χ4n) is 3.68. The van der Waals surface area contributed by atoms with Crippen molar-refractivity contribution in [1.29, 1.82) is 0 Å². The molecule has 0 saturated carbocycles. The summed E-state index contributed by atoms with van der Waals surface area (Å²) >= 11 is 0. The molecule has 1 aliphatic heterocycles. The van der Waals surface area contributed by atoms with Gasteiger partial charge in [0.2, 0.25) is 0 Å². The Morgan fingerprint density at radius 3 is 2.27 bits per heavy atom. The van der Waals surface area contributed by atoms with E-state index in [0.29, 0.717) is 18.0 Å². The predicted molar refractivity (Wildman–Crippen MR) is 119 cm³/mol. The Balaban J connectivity index is 1.30. The number of pyridine rings is 1. The maximum atomic E-state index is 12.7. The number of halogens is 3. The number of nitrogens with one attached hydrogen (secondary N) is 1. The Bertz CT molecular complexity index is 1090. The Morgan fingerprint density at radius 2 is 1.67 bits per heavy atom. The van der Waals surface area contributed by atoms with Crippen LogP contribution in [0.4, 0.5) is 24.7 Å². The molecule has 0 unspecified atom stereocenters. The highest BCUT2D eigenvalue weighted by atomic mass is 19.4. The van der Waals surface area contributed by atoms with E-state index in [-0.39, 0.29) is 5.56 Å². The molecule has 33 heavy (non-hydrogen) atoms. The van der Waals surface area contributed by atoms with Gasteiger partial charge in [0.15, 0.2) is 0 Å². The highest BCUT2D eigenvalue weighted by Gasteiger charge is 2.30. The van der Waals surface area contributed by atoms with Crippen molar-refractivity contribution in [3.63, 3.8) is 0 Å². The number of carbonyl (C=O) groups is 1. The van der Waals surface area contributed by atoms with Gasteiger partial charge in [-0.15, -0.1) is 0 Å². The zero-order valence-corrected chi connectivity index (χ0v) is 17.7. The van der Waals surface area contributed by atoms with Crippen molar-refractivity contribution in [2.24, 2.45) is 0 Å². The minimum absolute atomic E-state index is 0.132. The topological polar surface area (TPSA) is 68.7 Å². The smallest absolute Gasteiger partial charge is 0.416 e. The summed E-state index contributed by atoms with van der Waals surface area (Å²) in [7, 11) is 0. The number of para-hydroxylation sites is 1. The van der Waals surface area contributed by atoms with Crippen molar-refractivity contribution in [2.45, 2.75) is 12.7 Å². The molecule has 1 aromatic heterocycles. The van der Waals surface area contributed by atoms with Crippen LogP contribution in [0.25, 0.3) is 0 Å². The highest BCUT2D eigenvalue weighted by Crippen LogP contribution is 2.29. The number of phenols is 1. The van der Waals surface area contributed by atoms with E-state index in [1.165, 1.54) is 6.20 Å². The first-order valence-corrected chi connectivity index (χ1v) is 10.5. The molecule has 0 radical (unpaired) electrons. The molecule has 1 amide bonds. The van der Waals surface area contributed by atoms with Crippen LogP contribution >= 0.6 is 0 Å². The summed E-state index contributed by atoms with van der Waals surface area (Å²) in [4.78, 5) is 21.2. The normalized spacial score (nSPS) is 14.8. The van der Waals surface area contributed by atoms with Crippen LogP contribution in [0.2, 0.25) is 0 Å². The predicted octanol–water partition coefficient (Wildman–Crippen LogP) is 4.38. The Kier molecular flexibility index (Phi) is 6.50. The Morgan fingerprint density at radius 1 is 0.970 bits per heavy atom. The number of hydrogen-bond donors (Lipinski definition) is 2. The molecule has 0 atom stereocenters. The zero-order chi connectivity index (χ0) is 23.4. The molecule has 1 saturated heterocycles. The lowest BCUT2D eigenvalue weighted by Crippen LogP contribution is -2.46. The Labute approximate surface area is 189 Å². The van der Waals surface area contributed by atoms with Crippen molar-refractivity contribution in [3.8, 4) is 5.75 Å². The highest BCUT2D eigenvalue weighted by molar-refractivity contribution is 6.04. The van der Waals surface area contributed by atoms with Gasteiger partial charge in [-0.05, 0) is 42.5 Å². The van der Waals surface area contributed by atoms with E-state index in [0.717, 1.165) is 61.8 Å². The third kappa shape index (κ3) is 5.61. The number of amides is 1. The molecule has 2 N–H and O–H groups in total. The van der Waals surface area contributed by atoms with Gasteiger partial charge in [0.1, 0.15) is 11.6 Å². The number of rotatable bonds is 5. The summed E-state index contributed by atoms with van der Waals surface area (Å²) in [6.45, 7) is 3.88. The molecular formula is C24H23F3N4O2. The van der Waals surface area contributed by atoms with Crippen LogP contribution in [0.15, 0.2) is 66.9 Å². The molecule has 172 valence electrons. The standard InChI is InChI=1S/C24H23F3N4O2/c25-24(26,27)19-7-5-17(6-8-19)23(33)29-20-9-10-22(28-15-20)31-13-11-30(12-14-31)16-18-3-1-2-4-21(18)32/h1-10,15,32H,11-14,16H2,(H,29,33). The molecule has 9 heteroatoms. The third-order valence-corrected chi connectivity index (χ3v) is 5.56. The summed E-state index contributed by atoms with van der Waals surface area (Å²) in [6.07, 6.45) is -2.91. The molecule has 3 aromatic rings. The van der Waals surface area contributed by atoms with E-state index < -0.39 is 17.6 Å². The monoisotopic (exact) mass is 456 g/mol. The van der Waals surface area contributed by atoms with Crippen molar-refractivity contribution in [2.75, 3.05) is 36.4 Å². The number of anilines is 2. The summed E-state index contributed by atoms with van der Waals surface area (Å²) in [5, 5.41) is 12.6. The van der Waals surface area contributed by atoms with Crippen molar-refractivity contribution < 1.29 is 23.1 Å². The minimum Gasteiger partial charge on any atom is -0.508 e. The molecule has 0 aliphatic carbocycles. The number of nitrogens with zero attached hydrogens (tertiary/aromatic N) is 3. The van der Waals surface area contributed by atoms with Crippen molar-refractivity contribution in [3.05, 3.63) is 83.6 Å². The van der Waals surface area contributed by atoms with Crippen molar-refractivity contribution in [1.82, 2.24) is 9.88 Å². The summed E-state index contributed by atoms with van der Waals surface area (Å²) in [6, 6.07) is 14.9. The second-order valence-electron chi connectivity index (χ2n) is 7.83. The molecule has 6 nitrogen and oxygen atoms in total. The average Bonchev–Trinajstić information content (AvgIpc) is 2.81. The van der Waals surface area contributed by atoms with Gasteiger partial charge in [0, 0.05) is 43.9 Å². The maximum Gasteiger partial charge on any atom is 0.416 e. The van der Waals surface area contributed by atoms with Gasteiger partial charge in [-0.1, -0.05) is 18.2 Å². The van der Waals surface area contributed by atoms with Gasteiger partial charge in [0.05, 0.1) is 17.4 Å². The second-order valence-corrected chi connectivity index (χ2v) is 7.83. The number of phenolic OH excluding ortho intramolecular Hbond substituents is 1. The van der Waals surface area contributed by atoms with E-state index in [2.05, 4.69) is 20.1 Å². The van der Waals surface area contributed by atoms with Gasteiger partial charge in [0.25, 0.3) is 5.91 Å². The molecule has 1 fully saturated rings. The lowest BCUT2D eigenvalue weighted by atomic mass is 10.1. The fraction of sp³-hybridized carbons (Fsp3) is 0.250. The summed E-state index contributed by atoms with van der Waals surface area (Å²) < 4.78 is 38.0. The number of alkyl halides is 3. The molecule has 1 aliphatic rings. The van der Waals surface area contributed by atoms with Crippen LogP contribution in [-0.4, -0.2) is 47.1 Å². The van der Waals surface area contributed by atoms with E-state index in [1.54, 1.807) is 24.3 Å². The molecular weight excluding hydrogens is 433 g/mol. The van der Waals surface area contributed by atoms with Crippen LogP contribution in [0.3, 0.4) is 0 Å². The average molecular weight is 456 g/mol. The van der Waals surface area contributed by atoms with Crippen LogP contribution < -0.4 is 10.2 Å². The van der Waals surface area contributed by atoms with Gasteiger partial charge in [-0.25, -0.2) is 4.98 Å².